The number of piperazine rings is 1. The van der Waals surface area contributed by atoms with Crippen LogP contribution in [0.2, 0.25) is 0 Å². The summed E-state index contributed by atoms with van der Waals surface area (Å²) >= 11 is 0. The second-order valence-electron chi connectivity index (χ2n) is 5.77. The smallest absolute Gasteiger partial charge is 0.157 e. The quantitative estimate of drug-likeness (QED) is 0.862. The normalized spacial score (nSPS) is 21.2. The lowest BCUT2D eigenvalue weighted by molar-refractivity contribution is 0.312. The average molecular weight is 276 g/mol. The van der Waals surface area contributed by atoms with Gasteiger partial charge in [-0.3, -0.25) is 0 Å². The highest BCUT2D eigenvalue weighted by Crippen LogP contribution is 2.30. The zero-order chi connectivity index (χ0) is 13.9. The molecule has 0 saturated carbocycles. The second kappa shape index (κ2) is 5.83. The molecule has 2 N–H and O–H groups in total. The Kier molecular flexibility index (Phi) is 3.91. The molecule has 2 aliphatic rings. The van der Waals surface area contributed by atoms with Crippen LogP contribution in [0.3, 0.4) is 0 Å². The van der Waals surface area contributed by atoms with Crippen molar-refractivity contribution in [2.45, 2.75) is 19.3 Å². The van der Waals surface area contributed by atoms with E-state index in [-0.39, 0.29) is 0 Å². The average Bonchev–Trinajstić information content (AvgIpc) is 2.49. The van der Waals surface area contributed by atoms with E-state index in [1.807, 2.05) is 0 Å². The summed E-state index contributed by atoms with van der Waals surface area (Å²) in [4.78, 5) is 15.8. The predicted molar refractivity (Wildman–Crippen MR) is 82.2 cm³/mol. The molecular formula is C14H24N6. The van der Waals surface area contributed by atoms with E-state index in [4.69, 9.17) is 5.73 Å². The molecule has 2 aliphatic heterocycles. The van der Waals surface area contributed by atoms with Gasteiger partial charge in [-0.1, -0.05) is 0 Å². The van der Waals surface area contributed by atoms with Crippen LogP contribution >= 0.6 is 0 Å². The van der Waals surface area contributed by atoms with Crippen LogP contribution in [0.1, 0.15) is 19.3 Å². The van der Waals surface area contributed by atoms with Crippen LogP contribution in [-0.4, -0.2) is 61.2 Å². The number of hydrogen-bond donors (Lipinski definition) is 1. The van der Waals surface area contributed by atoms with Gasteiger partial charge in [-0.25, -0.2) is 9.97 Å². The van der Waals surface area contributed by atoms with Crippen molar-refractivity contribution >= 4 is 17.3 Å². The van der Waals surface area contributed by atoms with Gasteiger partial charge in [0.25, 0.3) is 0 Å². The maximum absolute atomic E-state index is 6.36. The van der Waals surface area contributed by atoms with E-state index < -0.39 is 0 Å². The number of nitrogens with zero attached hydrogens (tertiary/aromatic N) is 5. The van der Waals surface area contributed by atoms with Gasteiger partial charge in [-0.2, -0.15) is 0 Å². The monoisotopic (exact) mass is 276 g/mol. The molecular weight excluding hydrogens is 252 g/mol. The molecule has 3 rings (SSSR count). The van der Waals surface area contributed by atoms with Crippen molar-refractivity contribution in [2.24, 2.45) is 0 Å². The number of piperidine rings is 1. The lowest BCUT2D eigenvalue weighted by Crippen LogP contribution is -2.45. The van der Waals surface area contributed by atoms with Crippen molar-refractivity contribution in [3.8, 4) is 0 Å². The predicted octanol–water partition coefficient (Wildman–Crippen LogP) is 0.801. The first kappa shape index (κ1) is 13.4. The van der Waals surface area contributed by atoms with E-state index in [1.165, 1.54) is 19.3 Å². The molecule has 2 fully saturated rings. The van der Waals surface area contributed by atoms with Crippen molar-refractivity contribution in [1.29, 1.82) is 0 Å². The Morgan fingerprint density at radius 2 is 1.40 bits per heavy atom. The van der Waals surface area contributed by atoms with Crippen molar-refractivity contribution < 1.29 is 0 Å². The maximum atomic E-state index is 6.36. The van der Waals surface area contributed by atoms with E-state index in [0.29, 0.717) is 0 Å². The lowest BCUT2D eigenvalue weighted by atomic mass is 10.1. The largest absolute Gasteiger partial charge is 0.393 e. The molecule has 110 valence electrons. The van der Waals surface area contributed by atoms with Crippen LogP contribution in [0, 0.1) is 0 Å². The first-order valence-electron chi connectivity index (χ1n) is 7.54. The van der Waals surface area contributed by atoms with Crippen LogP contribution in [0.5, 0.6) is 0 Å². The number of hydrogen-bond acceptors (Lipinski definition) is 6. The molecule has 6 nitrogen and oxygen atoms in total. The lowest BCUT2D eigenvalue weighted by Gasteiger charge is -2.35. The molecule has 1 aromatic rings. The fourth-order valence-electron chi connectivity index (χ4n) is 3.01. The zero-order valence-electron chi connectivity index (χ0n) is 12.3. The molecule has 2 saturated heterocycles. The number of rotatable bonds is 2. The summed E-state index contributed by atoms with van der Waals surface area (Å²) < 4.78 is 0. The number of anilines is 3. The minimum Gasteiger partial charge on any atom is -0.393 e. The highest BCUT2D eigenvalue weighted by molar-refractivity contribution is 5.75. The summed E-state index contributed by atoms with van der Waals surface area (Å²) in [6.45, 7) is 6.20. The Morgan fingerprint density at radius 1 is 0.850 bits per heavy atom. The molecule has 1 aromatic heterocycles. The fraction of sp³-hybridized carbons (Fsp3) is 0.714. The van der Waals surface area contributed by atoms with Crippen LogP contribution < -0.4 is 15.5 Å². The number of aromatic nitrogens is 2. The third-order valence-electron chi connectivity index (χ3n) is 4.30. The van der Waals surface area contributed by atoms with Crippen LogP contribution in [0.25, 0.3) is 0 Å². The maximum Gasteiger partial charge on any atom is 0.157 e. The molecule has 0 aliphatic carbocycles. The molecule has 0 amide bonds. The van der Waals surface area contributed by atoms with Crippen molar-refractivity contribution in [3.63, 3.8) is 0 Å². The molecule has 0 atom stereocenters. The Morgan fingerprint density at radius 3 is 2.00 bits per heavy atom. The SMILES string of the molecule is CN1CCN(c2ncnc(N3CCCCC3)c2N)CC1. The summed E-state index contributed by atoms with van der Waals surface area (Å²) in [5, 5.41) is 0. The fourth-order valence-corrected chi connectivity index (χ4v) is 3.01. The molecule has 0 unspecified atom stereocenters. The van der Waals surface area contributed by atoms with Gasteiger partial charge >= 0.3 is 0 Å². The minimum absolute atomic E-state index is 0.749. The van der Waals surface area contributed by atoms with E-state index in [1.54, 1.807) is 6.33 Å². The van der Waals surface area contributed by atoms with Gasteiger partial charge in [0.1, 0.15) is 12.0 Å². The molecule has 0 spiro atoms. The molecule has 20 heavy (non-hydrogen) atoms. The Labute approximate surface area is 120 Å². The van der Waals surface area contributed by atoms with E-state index >= 15 is 0 Å². The molecule has 0 bridgehead atoms. The number of nitrogens with two attached hydrogens (primary N) is 1. The topological polar surface area (TPSA) is 61.5 Å². The molecule has 0 aromatic carbocycles. The summed E-state index contributed by atoms with van der Waals surface area (Å²) in [5.74, 6) is 1.84. The summed E-state index contributed by atoms with van der Waals surface area (Å²) in [6, 6.07) is 0. The number of nitrogen functional groups attached to an aromatic ring is 1. The van der Waals surface area contributed by atoms with Crippen molar-refractivity contribution in [2.75, 3.05) is 61.8 Å². The number of likely N-dealkylation sites (N-methyl/N-ethyl adjacent to an activating group) is 1. The molecule has 3 heterocycles. The Balaban J connectivity index is 1.81. The van der Waals surface area contributed by atoms with Gasteiger partial charge in [0, 0.05) is 39.3 Å². The first-order valence-corrected chi connectivity index (χ1v) is 7.54. The van der Waals surface area contributed by atoms with Gasteiger partial charge in [0.2, 0.25) is 0 Å². The molecule has 0 radical (unpaired) electrons. The van der Waals surface area contributed by atoms with Crippen LogP contribution in [-0.2, 0) is 0 Å². The Bertz CT molecular complexity index is 449. The van der Waals surface area contributed by atoms with Gasteiger partial charge in [-0.05, 0) is 26.3 Å². The minimum atomic E-state index is 0.749. The van der Waals surface area contributed by atoms with Crippen molar-refractivity contribution in [1.82, 2.24) is 14.9 Å². The summed E-state index contributed by atoms with van der Waals surface area (Å²) in [5.41, 5.74) is 7.11. The summed E-state index contributed by atoms with van der Waals surface area (Å²) in [7, 11) is 2.15. The third-order valence-corrected chi connectivity index (χ3v) is 4.30. The highest BCUT2D eigenvalue weighted by Gasteiger charge is 2.22. The van der Waals surface area contributed by atoms with Gasteiger partial charge in [0.15, 0.2) is 11.6 Å². The first-order chi connectivity index (χ1) is 9.75. The Hall–Kier alpha value is -1.56. The molecule has 6 heteroatoms. The third kappa shape index (κ3) is 2.65. The summed E-state index contributed by atoms with van der Waals surface area (Å²) in [6.07, 6.45) is 5.43. The van der Waals surface area contributed by atoms with E-state index in [9.17, 15) is 0 Å². The van der Waals surface area contributed by atoms with Gasteiger partial charge in [0.05, 0.1) is 0 Å². The van der Waals surface area contributed by atoms with E-state index in [2.05, 4.69) is 31.7 Å². The van der Waals surface area contributed by atoms with Gasteiger partial charge in [-0.15, -0.1) is 0 Å². The van der Waals surface area contributed by atoms with Crippen molar-refractivity contribution in [3.05, 3.63) is 6.33 Å². The van der Waals surface area contributed by atoms with Crippen LogP contribution in [0.4, 0.5) is 17.3 Å². The second-order valence-corrected chi connectivity index (χ2v) is 5.77. The zero-order valence-corrected chi connectivity index (χ0v) is 12.3. The highest BCUT2D eigenvalue weighted by atomic mass is 15.3. The van der Waals surface area contributed by atoms with E-state index in [0.717, 1.165) is 56.6 Å². The van der Waals surface area contributed by atoms with Crippen LogP contribution in [0.15, 0.2) is 6.33 Å². The van der Waals surface area contributed by atoms with Gasteiger partial charge < -0.3 is 20.4 Å². The standard InChI is InChI=1S/C14H24N6/c1-18-7-9-20(10-8-18)14-12(15)13(16-11-17-14)19-5-3-2-4-6-19/h11H,2-10,15H2,1H3.